The van der Waals surface area contributed by atoms with Crippen molar-refractivity contribution in [1.29, 1.82) is 0 Å². The molecule has 2 amide bonds. The van der Waals surface area contributed by atoms with Crippen LogP contribution >= 0.6 is 27.7 Å². The van der Waals surface area contributed by atoms with Gasteiger partial charge in [0.2, 0.25) is 0 Å². The minimum Gasteiger partial charge on any atom is -0.443 e. The molecule has 2 heterocycles. The van der Waals surface area contributed by atoms with Crippen molar-refractivity contribution in [2.75, 3.05) is 0 Å². The van der Waals surface area contributed by atoms with E-state index < -0.39 is 28.9 Å². The Kier molecular flexibility index (Phi) is 7.08. The summed E-state index contributed by atoms with van der Waals surface area (Å²) < 4.78 is 11.8. The van der Waals surface area contributed by atoms with E-state index in [1.54, 1.807) is 47.7 Å². The second-order valence-corrected chi connectivity index (χ2v) is 11.2. The van der Waals surface area contributed by atoms with Gasteiger partial charge in [0.05, 0.1) is 5.69 Å². The molecule has 30 heavy (non-hydrogen) atoms. The molecule has 0 saturated heterocycles. The molecule has 0 radical (unpaired) electrons. The zero-order chi connectivity index (χ0) is 22.9. The summed E-state index contributed by atoms with van der Waals surface area (Å²) in [5.41, 5.74) is -1.74. The smallest absolute Gasteiger partial charge is 0.426 e. The number of ether oxygens (including phenoxy) is 2. The van der Waals surface area contributed by atoms with E-state index in [1.807, 2.05) is 19.1 Å². The van der Waals surface area contributed by atoms with Gasteiger partial charge < -0.3 is 9.47 Å². The molecular weight excluding hydrogens is 470 g/mol. The number of imide groups is 1. The second kappa shape index (κ2) is 8.70. The van der Waals surface area contributed by atoms with Crippen molar-refractivity contribution in [3.63, 3.8) is 0 Å². The molecule has 1 aliphatic rings. The van der Waals surface area contributed by atoms with Gasteiger partial charge in [0, 0.05) is 17.1 Å². The van der Waals surface area contributed by atoms with Crippen LogP contribution in [-0.4, -0.2) is 38.4 Å². The fourth-order valence-electron chi connectivity index (χ4n) is 2.61. The molecule has 0 spiro atoms. The highest BCUT2D eigenvalue weighted by molar-refractivity contribution is 9.10. The van der Waals surface area contributed by atoms with Crippen LogP contribution in [0, 0.1) is 0 Å². The standard InChI is InChI=1S/C21H28BrN3O4S/c1-13-12-21(8,15-11-14(22)9-10-23-15)24-16(30-13)25(17(26)28-19(2,3)4)18(27)29-20(5,6)7/h9-11H,1,12H2,2-8H3/t21-/m0/s1. The lowest BCUT2D eigenvalue weighted by Gasteiger charge is -2.35. The number of carbonyl (C=O) groups is 2. The van der Waals surface area contributed by atoms with E-state index in [0.29, 0.717) is 12.1 Å². The Morgan fingerprint density at radius 2 is 1.70 bits per heavy atom. The van der Waals surface area contributed by atoms with Gasteiger partial charge in [-0.05, 0) is 65.5 Å². The molecule has 1 aromatic heterocycles. The molecular formula is C21H28BrN3O4S. The van der Waals surface area contributed by atoms with Gasteiger partial charge in [-0.15, -0.1) is 0 Å². The third kappa shape index (κ3) is 6.57. The number of aromatic nitrogens is 1. The zero-order valence-corrected chi connectivity index (χ0v) is 20.8. The maximum absolute atomic E-state index is 12.9. The van der Waals surface area contributed by atoms with Gasteiger partial charge in [-0.2, -0.15) is 4.90 Å². The van der Waals surface area contributed by atoms with E-state index in [4.69, 9.17) is 14.5 Å². The van der Waals surface area contributed by atoms with Crippen LogP contribution in [0.2, 0.25) is 0 Å². The highest BCUT2D eigenvalue weighted by Gasteiger charge is 2.41. The number of halogens is 1. The highest BCUT2D eigenvalue weighted by Crippen LogP contribution is 2.42. The predicted octanol–water partition coefficient (Wildman–Crippen LogP) is 6.24. The molecule has 0 unspecified atom stereocenters. The third-order valence-electron chi connectivity index (χ3n) is 3.74. The van der Waals surface area contributed by atoms with E-state index in [9.17, 15) is 9.59 Å². The number of thioether (sulfide) groups is 1. The van der Waals surface area contributed by atoms with Crippen LogP contribution in [0.4, 0.5) is 9.59 Å². The van der Waals surface area contributed by atoms with Crippen LogP contribution in [0.15, 0.2) is 39.3 Å². The maximum atomic E-state index is 12.9. The normalized spacial score (nSPS) is 19.7. The summed E-state index contributed by atoms with van der Waals surface area (Å²) in [6.07, 6.45) is 0.454. The largest absolute Gasteiger partial charge is 0.443 e. The summed E-state index contributed by atoms with van der Waals surface area (Å²) in [5.74, 6) is 0. The average molecular weight is 498 g/mol. The van der Waals surface area contributed by atoms with Gasteiger partial charge in [0.15, 0.2) is 5.17 Å². The van der Waals surface area contributed by atoms with Crippen molar-refractivity contribution in [1.82, 2.24) is 9.88 Å². The van der Waals surface area contributed by atoms with E-state index in [1.165, 1.54) is 0 Å². The average Bonchev–Trinajstić information content (AvgIpc) is 2.50. The van der Waals surface area contributed by atoms with Crippen LogP contribution in [0.5, 0.6) is 0 Å². The minimum absolute atomic E-state index is 0.138. The summed E-state index contributed by atoms with van der Waals surface area (Å²) in [5, 5.41) is 0.138. The Bertz CT molecular complexity index is 861. The lowest BCUT2D eigenvalue weighted by molar-refractivity contribution is 0.0151. The first-order valence-electron chi connectivity index (χ1n) is 9.43. The monoisotopic (exact) mass is 497 g/mol. The number of hydrogen-bond donors (Lipinski definition) is 0. The van der Waals surface area contributed by atoms with Gasteiger partial charge in [-0.1, -0.05) is 34.3 Å². The molecule has 0 fully saturated rings. The second-order valence-electron chi connectivity index (χ2n) is 9.14. The fraction of sp³-hybridized carbons (Fsp3) is 0.524. The van der Waals surface area contributed by atoms with Crippen molar-refractivity contribution in [2.24, 2.45) is 4.99 Å². The van der Waals surface area contributed by atoms with Gasteiger partial charge in [-0.3, -0.25) is 4.98 Å². The lowest BCUT2D eigenvalue weighted by Crippen LogP contribution is -2.47. The molecule has 0 aliphatic carbocycles. The maximum Gasteiger partial charge on any atom is 0.426 e. The molecule has 0 bridgehead atoms. The molecule has 0 saturated carbocycles. The molecule has 164 valence electrons. The number of pyridine rings is 1. The number of hydrogen-bond acceptors (Lipinski definition) is 7. The Labute approximate surface area is 190 Å². The molecule has 0 N–H and O–H groups in total. The molecule has 7 nitrogen and oxygen atoms in total. The number of aliphatic imine (C=N–C) groups is 1. The molecule has 2 rings (SSSR count). The Morgan fingerprint density at radius 1 is 1.17 bits per heavy atom. The van der Waals surface area contributed by atoms with E-state index >= 15 is 0 Å². The SMILES string of the molecule is C=C1C[C@@](C)(c2cc(Br)ccn2)N=C(N(C(=O)OC(C)(C)C)C(=O)OC(C)(C)C)S1. The van der Waals surface area contributed by atoms with Crippen LogP contribution < -0.4 is 0 Å². The number of nitrogens with zero attached hydrogens (tertiary/aromatic N) is 3. The van der Waals surface area contributed by atoms with Crippen LogP contribution in [0.1, 0.15) is 60.6 Å². The Morgan fingerprint density at radius 3 is 2.17 bits per heavy atom. The van der Waals surface area contributed by atoms with Crippen LogP contribution in [-0.2, 0) is 15.0 Å². The minimum atomic E-state index is -0.859. The summed E-state index contributed by atoms with van der Waals surface area (Å²) in [7, 11) is 0. The van der Waals surface area contributed by atoms with Crippen molar-refractivity contribution in [3.8, 4) is 0 Å². The summed E-state index contributed by atoms with van der Waals surface area (Å²) in [6.45, 7) is 16.3. The van der Waals surface area contributed by atoms with Crippen molar-refractivity contribution in [2.45, 2.75) is 71.6 Å². The Balaban J connectivity index is 2.54. The van der Waals surface area contributed by atoms with Crippen LogP contribution in [0.25, 0.3) is 0 Å². The summed E-state index contributed by atoms with van der Waals surface area (Å²) in [4.78, 5) is 36.6. The van der Waals surface area contributed by atoms with Gasteiger partial charge in [-0.25, -0.2) is 14.6 Å². The highest BCUT2D eigenvalue weighted by atomic mass is 79.9. The predicted molar refractivity (Wildman–Crippen MR) is 122 cm³/mol. The molecule has 1 atom stereocenters. The molecule has 1 aliphatic heterocycles. The molecule has 0 aromatic carbocycles. The lowest BCUT2D eigenvalue weighted by atomic mass is 9.93. The van der Waals surface area contributed by atoms with Crippen molar-refractivity contribution in [3.05, 3.63) is 40.0 Å². The number of amidine groups is 1. The van der Waals surface area contributed by atoms with Gasteiger partial charge in [0.1, 0.15) is 16.7 Å². The molecule has 1 aromatic rings. The number of amides is 2. The van der Waals surface area contributed by atoms with E-state index in [0.717, 1.165) is 26.0 Å². The van der Waals surface area contributed by atoms with Crippen molar-refractivity contribution < 1.29 is 19.1 Å². The third-order valence-corrected chi connectivity index (χ3v) is 5.12. The first kappa shape index (κ1) is 24.4. The van der Waals surface area contributed by atoms with Gasteiger partial charge >= 0.3 is 12.2 Å². The molecule has 9 heteroatoms. The van der Waals surface area contributed by atoms with Crippen LogP contribution in [0.3, 0.4) is 0 Å². The number of carbonyl (C=O) groups excluding carboxylic acids is 2. The first-order valence-corrected chi connectivity index (χ1v) is 11.0. The zero-order valence-electron chi connectivity index (χ0n) is 18.4. The topological polar surface area (TPSA) is 81.1 Å². The Hall–Kier alpha value is -1.87. The summed E-state index contributed by atoms with van der Waals surface area (Å²) in [6, 6.07) is 3.67. The van der Waals surface area contributed by atoms with E-state index in [-0.39, 0.29) is 5.17 Å². The fourth-order valence-corrected chi connectivity index (χ4v) is 4.05. The van der Waals surface area contributed by atoms with Crippen molar-refractivity contribution >= 4 is 45.0 Å². The van der Waals surface area contributed by atoms with E-state index in [2.05, 4.69) is 27.5 Å². The van der Waals surface area contributed by atoms with Gasteiger partial charge in [0.25, 0.3) is 0 Å². The first-order chi connectivity index (χ1) is 13.6. The number of rotatable bonds is 1. The quantitative estimate of drug-likeness (QED) is 0.456. The summed E-state index contributed by atoms with van der Waals surface area (Å²) >= 11 is 4.59.